The Balaban J connectivity index is 1.90. The minimum Gasteiger partial charge on any atom is -0.387 e. The zero-order valence-corrected chi connectivity index (χ0v) is 14.1. The first kappa shape index (κ1) is 16.1. The molecule has 1 fully saturated rings. The molecule has 0 amide bonds. The Kier molecular flexibility index (Phi) is 4.16. The summed E-state index contributed by atoms with van der Waals surface area (Å²) >= 11 is 0. The van der Waals surface area contributed by atoms with Gasteiger partial charge in [-0.2, -0.15) is 0 Å². The Morgan fingerprint density at radius 1 is 0.680 bits per heavy atom. The van der Waals surface area contributed by atoms with Gasteiger partial charge in [0, 0.05) is 0 Å². The molecule has 1 saturated carbocycles. The van der Waals surface area contributed by atoms with Crippen LogP contribution in [0.5, 0.6) is 0 Å². The molecule has 4 rings (SSSR count). The van der Waals surface area contributed by atoms with E-state index < -0.39 is 11.2 Å². The maximum Gasteiger partial charge on any atom is 0.143 e. The Hall–Kier alpha value is -2.42. The molecule has 0 spiro atoms. The molecule has 0 radical (unpaired) electrons. The van der Waals surface area contributed by atoms with Crippen molar-refractivity contribution in [2.75, 3.05) is 6.61 Å². The molecule has 0 heterocycles. The highest BCUT2D eigenvalue weighted by Crippen LogP contribution is 2.44. The Labute approximate surface area is 148 Å². The van der Waals surface area contributed by atoms with E-state index in [2.05, 4.69) is 36.4 Å². The van der Waals surface area contributed by atoms with E-state index in [1.807, 2.05) is 54.6 Å². The van der Waals surface area contributed by atoms with Crippen LogP contribution in [0, 0.1) is 0 Å². The lowest BCUT2D eigenvalue weighted by molar-refractivity contribution is -0.0483. The third-order valence-electron chi connectivity index (χ3n) is 4.93. The van der Waals surface area contributed by atoms with Crippen LogP contribution in [-0.2, 0) is 10.3 Å². The smallest absolute Gasteiger partial charge is 0.143 e. The number of ether oxygens (including phenoxy) is 1. The summed E-state index contributed by atoms with van der Waals surface area (Å²) in [4.78, 5) is 0. The highest BCUT2D eigenvalue weighted by molar-refractivity contribution is 5.47. The van der Waals surface area contributed by atoms with Crippen molar-refractivity contribution in [3.05, 3.63) is 108 Å². The van der Waals surface area contributed by atoms with Gasteiger partial charge in [0.15, 0.2) is 0 Å². The predicted molar refractivity (Wildman–Crippen MR) is 99.3 cm³/mol. The Bertz CT molecular complexity index is 712. The van der Waals surface area contributed by atoms with Gasteiger partial charge >= 0.3 is 0 Å². The van der Waals surface area contributed by atoms with E-state index >= 15 is 0 Å². The van der Waals surface area contributed by atoms with Crippen molar-refractivity contribution in [2.24, 2.45) is 0 Å². The summed E-state index contributed by atoms with van der Waals surface area (Å²) in [5.74, 6) is 0. The molecule has 126 valence electrons. The number of hydrogen-bond acceptors (Lipinski definition) is 2. The summed E-state index contributed by atoms with van der Waals surface area (Å²) in [6.45, 7) is 0.325. The molecule has 3 aromatic rings. The van der Waals surface area contributed by atoms with Gasteiger partial charge < -0.3 is 9.84 Å². The van der Waals surface area contributed by atoms with Crippen molar-refractivity contribution in [3.8, 4) is 0 Å². The van der Waals surface area contributed by atoms with Crippen LogP contribution in [0.2, 0.25) is 0 Å². The maximum absolute atomic E-state index is 10.4. The number of benzene rings is 3. The summed E-state index contributed by atoms with van der Waals surface area (Å²) in [7, 11) is 0. The summed E-state index contributed by atoms with van der Waals surface area (Å²) in [5, 5.41) is 10.4. The first-order valence-corrected chi connectivity index (χ1v) is 8.76. The Morgan fingerprint density at radius 3 is 1.36 bits per heavy atom. The molecule has 1 N–H and O–H groups in total. The molecule has 0 bridgehead atoms. The van der Waals surface area contributed by atoms with E-state index in [0.29, 0.717) is 6.61 Å². The van der Waals surface area contributed by atoms with Gasteiger partial charge in [0.05, 0.1) is 12.2 Å². The zero-order valence-electron chi connectivity index (χ0n) is 14.1. The molecule has 0 atom stereocenters. The van der Waals surface area contributed by atoms with E-state index in [1.54, 1.807) is 0 Å². The fraction of sp³-hybridized carbons (Fsp3) is 0.217. The van der Waals surface area contributed by atoms with Gasteiger partial charge in [-0.3, -0.25) is 0 Å². The number of hydrogen-bond donors (Lipinski definition) is 1. The molecule has 1 aliphatic rings. The second-order valence-corrected chi connectivity index (χ2v) is 6.79. The SMILES string of the molecule is OC1(COC(c2ccccc2)(c2ccccc2)c2ccccc2)CC1. The van der Waals surface area contributed by atoms with E-state index in [1.165, 1.54) is 0 Å². The summed E-state index contributed by atoms with van der Waals surface area (Å²) in [5.41, 5.74) is 1.79. The van der Waals surface area contributed by atoms with Crippen molar-refractivity contribution in [3.63, 3.8) is 0 Å². The van der Waals surface area contributed by atoms with Gasteiger partial charge in [-0.05, 0) is 29.5 Å². The van der Waals surface area contributed by atoms with Crippen molar-refractivity contribution < 1.29 is 9.84 Å². The third-order valence-corrected chi connectivity index (χ3v) is 4.93. The van der Waals surface area contributed by atoms with Crippen LogP contribution < -0.4 is 0 Å². The number of rotatable bonds is 6. The molecule has 0 saturated heterocycles. The largest absolute Gasteiger partial charge is 0.387 e. The van der Waals surface area contributed by atoms with Crippen LogP contribution in [0.4, 0.5) is 0 Å². The van der Waals surface area contributed by atoms with Gasteiger partial charge in [0.25, 0.3) is 0 Å². The van der Waals surface area contributed by atoms with E-state index in [4.69, 9.17) is 4.74 Å². The maximum atomic E-state index is 10.4. The second-order valence-electron chi connectivity index (χ2n) is 6.79. The Morgan fingerprint density at radius 2 is 1.04 bits per heavy atom. The minimum atomic E-state index is -0.734. The molecule has 25 heavy (non-hydrogen) atoms. The molecule has 0 aliphatic heterocycles. The van der Waals surface area contributed by atoms with E-state index in [-0.39, 0.29) is 0 Å². The van der Waals surface area contributed by atoms with Gasteiger partial charge in [-0.15, -0.1) is 0 Å². The van der Waals surface area contributed by atoms with Crippen LogP contribution in [0.25, 0.3) is 0 Å². The van der Waals surface area contributed by atoms with Crippen molar-refractivity contribution in [1.29, 1.82) is 0 Å². The van der Waals surface area contributed by atoms with Crippen LogP contribution in [0.3, 0.4) is 0 Å². The lowest BCUT2D eigenvalue weighted by atomic mass is 9.80. The quantitative estimate of drug-likeness (QED) is 0.673. The molecular formula is C23H22O2. The normalized spacial score (nSPS) is 15.7. The van der Waals surface area contributed by atoms with Gasteiger partial charge in [0.1, 0.15) is 5.60 Å². The predicted octanol–water partition coefficient (Wildman–Crippen LogP) is 4.52. The van der Waals surface area contributed by atoms with Crippen molar-refractivity contribution in [2.45, 2.75) is 24.0 Å². The lowest BCUT2D eigenvalue weighted by Gasteiger charge is -2.36. The van der Waals surface area contributed by atoms with Crippen LogP contribution >= 0.6 is 0 Å². The van der Waals surface area contributed by atoms with Gasteiger partial charge in [-0.25, -0.2) is 0 Å². The second kappa shape index (κ2) is 6.47. The standard InChI is InChI=1S/C23H22O2/c24-22(16-17-22)18-25-23(19-10-4-1-5-11-19,20-12-6-2-7-13-20)21-14-8-3-9-15-21/h1-15,24H,16-18H2. The average Bonchev–Trinajstić information content (AvgIpc) is 3.42. The summed E-state index contributed by atoms with van der Waals surface area (Å²) < 4.78 is 6.56. The molecule has 0 aromatic heterocycles. The molecular weight excluding hydrogens is 308 g/mol. The fourth-order valence-electron chi connectivity index (χ4n) is 3.30. The lowest BCUT2D eigenvalue weighted by Crippen LogP contribution is -2.36. The molecule has 0 unspecified atom stereocenters. The fourth-order valence-corrected chi connectivity index (χ4v) is 3.30. The van der Waals surface area contributed by atoms with Crippen LogP contribution in [-0.4, -0.2) is 17.3 Å². The minimum absolute atomic E-state index is 0.325. The van der Waals surface area contributed by atoms with Gasteiger partial charge in [0.2, 0.25) is 0 Å². The monoisotopic (exact) mass is 330 g/mol. The van der Waals surface area contributed by atoms with Gasteiger partial charge in [-0.1, -0.05) is 91.0 Å². The summed E-state index contributed by atoms with van der Waals surface area (Å²) in [6, 6.07) is 30.8. The van der Waals surface area contributed by atoms with Crippen LogP contribution in [0.1, 0.15) is 29.5 Å². The zero-order chi connectivity index (χ0) is 17.2. The summed E-state index contributed by atoms with van der Waals surface area (Å²) in [6.07, 6.45) is 1.61. The van der Waals surface area contributed by atoms with Crippen LogP contribution in [0.15, 0.2) is 91.0 Å². The van der Waals surface area contributed by atoms with E-state index in [0.717, 1.165) is 29.5 Å². The first-order valence-electron chi connectivity index (χ1n) is 8.76. The third kappa shape index (κ3) is 3.11. The molecule has 3 aromatic carbocycles. The van der Waals surface area contributed by atoms with E-state index in [9.17, 15) is 5.11 Å². The highest BCUT2D eigenvalue weighted by Gasteiger charge is 2.45. The highest BCUT2D eigenvalue weighted by atomic mass is 16.5. The number of aliphatic hydroxyl groups is 1. The first-order chi connectivity index (χ1) is 12.2. The van der Waals surface area contributed by atoms with Crippen molar-refractivity contribution in [1.82, 2.24) is 0 Å². The molecule has 2 nitrogen and oxygen atoms in total. The molecule has 1 aliphatic carbocycles. The van der Waals surface area contributed by atoms with Crippen molar-refractivity contribution >= 4 is 0 Å². The average molecular weight is 330 g/mol. The molecule has 2 heteroatoms. The topological polar surface area (TPSA) is 29.5 Å².